The van der Waals surface area contributed by atoms with Crippen molar-refractivity contribution in [3.8, 4) is 11.1 Å². The second kappa shape index (κ2) is 4.61. The first kappa shape index (κ1) is 12.3. The fraction of sp³-hybridized carbons (Fsp3) is 0.200. The van der Waals surface area contributed by atoms with E-state index in [1.165, 1.54) is 11.1 Å². The number of hydrogen-bond acceptors (Lipinski definition) is 2. The number of rotatable bonds is 2. The van der Waals surface area contributed by atoms with Gasteiger partial charge in [-0.15, -0.1) is 0 Å². The molecule has 0 fully saturated rings. The molecule has 92 valence electrons. The van der Waals surface area contributed by atoms with E-state index in [1.807, 2.05) is 25.1 Å². The van der Waals surface area contributed by atoms with Gasteiger partial charge in [-0.25, -0.2) is 0 Å². The van der Waals surface area contributed by atoms with Crippen molar-refractivity contribution in [2.24, 2.45) is 0 Å². The van der Waals surface area contributed by atoms with Crippen molar-refractivity contribution in [3.63, 3.8) is 0 Å². The molecule has 2 aromatic rings. The highest BCUT2D eigenvalue weighted by molar-refractivity contribution is 5.68. The molecule has 0 aliphatic rings. The van der Waals surface area contributed by atoms with Crippen LogP contribution in [0.3, 0.4) is 0 Å². The lowest BCUT2D eigenvalue weighted by molar-refractivity contribution is -0.385. The second-order valence-electron chi connectivity index (χ2n) is 4.56. The van der Waals surface area contributed by atoms with E-state index in [1.54, 1.807) is 19.1 Å². The highest BCUT2D eigenvalue weighted by Crippen LogP contribution is 2.27. The summed E-state index contributed by atoms with van der Waals surface area (Å²) in [5, 5.41) is 10.9. The van der Waals surface area contributed by atoms with E-state index < -0.39 is 0 Å². The Kier molecular flexibility index (Phi) is 3.15. The van der Waals surface area contributed by atoms with Crippen LogP contribution in [0.5, 0.6) is 0 Å². The maximum atomic E-state index is 10.9. The Morgan fingerprint density at radius 1 is 0.833 bits per heavy atom. The minimum absolute atomic E-state index is 0.172. The summed E-state index contributed by atoms with van der Waals surface area (Å²) < 4.78 is 0. The predicted octanol–water partition coefficient (Wildman–Crippen LogP) is 4.19. The van der Waals surface area contributed by atoms with Crippen molar-refractivity contribution < 1.29 is 4.92 Å². The molecule has 0 N–H and O–H groups in total. The van der Waals surface area contributed by atoms with Gasteiger partial charge in [-0.1, -0.05) is 30.3 Å². The first-order valence-electron chi connectivity index (χ1n) is 5.81. The van der Waals surface area contributed by atoms with Crippen LogP contribution in [0.15, 0.2) is 36.4 Å². The Balaban J connectivity index is 2.54. The molecule has 0 amide bonds. The van der Waals surface area contributed by atoms with Crippen LogP contribution in [0.2, 0.25) is 0 Å². The number of aryl methyl sites for hydroxylation is 3. The number of nitrogens with zero attached hydrogens (tertiary/aromatic N) is 1. The van der Waals surface area contributed by atoms with Crippen LogP contribution in [0, 0.1) is 30.9 Å². The van der Waals surface area contributed by atoms with Gasteiger partial charge in [0.25, 0.3) is 5.69 Å². The summed E-state index contributed by atoms with van der Waals surface area (Å²) in [6.45, 7) is 5.85. The Hall–Kier alpha value is -2.16. The molecule has 0 radical (unpaired) electrons. The fourth-order valence-corrected chi connectivity index (χ4v) is 1.91. The highest BCUT2D eigenvalue weighted by Gasteiger charge is 2.11. The summed E-state index contributed by atoms with van der Waals surface area (Å²) in [5.41, 5.74) is 5.17. The standard InChI is InChI=1S/C15H15NO2/c1-10-4-6-13(8-12(10)3)14-7-5-11(2)15(9-14)16(17)18/h4-9H,1-3H3. The molecule has 2 rings (SSSR count). The van der Waals surface area contributed by atoms with Crippen molar-refractivity contribution in [1.29, 1.82) is 0 Å². The molecule has 0 saturated heterocycles. The molecule has 0 unspecified atom stereocenters. The summed E-state index contributed by atoms with van der Waals surface area (Å²) in [7, 11) is 0. The van der Waals surface area contributed by atoms with Crippen LogP contribution >= 0.6 is 0 Å². The summed E-state index contributed by atoms with van der Waals surface area (Å²) in [6, 6.07) is 11.4. The molecular weight excluding hydrogens is 226 g/mol. The lowest BCUT2D eigenvalue weighted by atomic mass is 9.99. The average molecular weight is 241 g/mol. The lowest BCUT2D eigenvalue weighted by Gasteiger charge is -2.06. The van der Waals surface area contributed by atoms with Gasteiger partial charge < -0.3 is 0 Å². The van der Waals surface area contributed by atoms with Gasteiger partial charge in [-0.2, -0.15) is 0 Å². The molecule has 0 atom stereocenters. The number of benzene rings is 2. The normalized spacial score (nSPS) is 10.4. The van der Waals surface area contributed by atoms with Crippen molar-refractivity contribution in [2.45, 2.75) is 20.8 Å². The van der Waals surface area contributed by atoms with E-state index in [0.717, 1.165) is 11.1 Å². The van der Waals surface area contributed by atoms with Crippen LogP contribution in [0.1, 0.15) is 16.7 Å². The summed E-state index contributed by atoms with van der Waals surface area (Å²) >= 11 is 0. The highest BCUT2D eigenvalue weighted by atomic mass is 16.6. The van der Waals surface area contributed by atoms with E-state index >= 15 is 0 Å². The molecule has 2 aromatic carbocycles. The van der Waals surface area contributed by atoms with E-state index in [2.05, 4.69) is 13.0 Å². The fourth-order valence-electron chi connectivity index (χ4n) is 1.91. The SMILES string of the molecule is Cc1ccc(-c2ccc(C)c([N+](=O)[O-])c2)cc1C. The van der Waals surface area contributed by atoms with Gasteiger partial charge in [0.05, 0.1) is 4.92 Å². The van der Waals surface area contributed by atoms with Gasteiger partial charge in [-0.05, 0) is 43.0 Å². The van der Waals surface area contributed by atoms with Gasteiger partial charge in [0.15, 0.2) is 0 Å². The predicted molar refractivity (Wildman–Crippen MR) is 72.7 cm³/mol. The molecule has 0 heterocycles. The summed E-state index contributed by atoms with van der Waals surface area (Å²) in [5.74, 6) is 0. The largest absolute Gasteiger partial charge is 0.272 e. The zero-order chi connectivity index (χ0) is 13.3. The first-order valence-corrected chi connectivity index (χ1v) is 5.81. The third kappa shape index (κ3) is 2.25. The molecular formula is C15H15NO2. The Morgan fingerprint density at radius 2 is 1.39 bits per heavy atom. The molecule has 0 aliphatic carbocycles. The van der Waals surface area contributed by atoms with Gasteiger partial charge in [0, 0.05) is 11.6 Å². The minimum Gasteiger partial charge on any atom is -0.258 e. The molecule has 0 aliphatic heterocycles. The van der Waals surface area contributed by atoms with Crippen molar-refractivity contribution in [2.75, 3.05) is 0 Å². The van der Waals surface area contributed by atoms with Crippen LogP contribution in [-0.2, 0) is 0 Å². The van der Waals surface area contributed by atoms with Gasteiger partial charge in [0.2, 0.25) is 0 Å². The van der Waals surface area contributed by atoms with Crippen LogP contribution in [0.25, 0.3) is 11.1 Å². The maximum Gasteiger partial charge on any atom is 0.272 e. The molecule has 3 heteroatoms. The van der Waals surface area contributed by atoms with Crippen molar-refractivity contribution in [3.05, 3.63) is 63.2 Å². The summed E-state index contributed by atoms with van der Waals surface area (Å²) in [6.07, 6.45) is 0. The van der Waals surface area contributed by atoms with E-state index in [0.29, 0.717) is 5.56 Å². The zero-order valence-electron chi connectivity index (χ0n) is 10.7. The van der Waals surface area contributed by atoms with E-state index in [-0.39, 0.29) is 10.6 Å². The van der Waals surface area contributed by atoms with Crippen LogP contribution < -0.4 is 0 Å². The van der Waals surface area contributed by atoms with Gasteiger partial charge >= 0.3 is 0 Å². The third-order valence-corrected chi connectivity index (χ3v) is 3.25. The minimum atomic E-state index is -0.333. The molecule has 0 spiro atoms. The van der Waals surface area contributed by atoms with Gasteiger partial charge in [-0.3, -0.25) is 10.1 Å². The Bertz CT molecular complexity index is 618. The third-order valence-electron chi connectivity index (χ3n) is 3.25. The smallest absolute Gasteiger partial charge is 0.258 e. The van der Waals surface area contributed by atoms with Crippen LogP contribution in [0.4, 0.5) is 5.69 Å². The van der Waals surface area contributed by atoms with Gasteiger partial charge in [0.1, 0.15) is 0 Å². The average Bonchev–Trinajstić information content (AvgIpc) is 2.33. The molecule has 3 nitrogen and oxygen atoms in total. The van der Waals surface area contributed by atoms with E-state index in [9.17, 15) is 10.1 Å². The zero-order valence-corrected chi connectivity index (χ0v) is 10.7. The quantitative estimate of drug-likeness (QED) is 0.584. The topological polar surface area (TPSA) is 43.1 Å². The maximum absolute atomic E-state index is 10.9. The molecule has 0 bridgehead atoms. The molecule has 0 saturated carbocycles. The molecule has 0 aromatic heterocycles. The van der Waals surface area contributed by atoms with Crippen LogP contribution in [-0.4, -0.2) is 4.92 Å². The molecule has 18 heavy (non-hydrogen) atoms. The first-order chi connectivity index (χ1) is 8.49. The monoisotopic (exact) mass is 241 g/mol. The number of hydrogen-bond donors (Lipinski definition) is 0. The second-order valence-corrected chi connectivity index (χ2v) is 4.56. The lowest BCUT2D eigenvalue weighted by Crippen LogP contribution is -1.92. The number of nitro groups is 1. The Labute approximate surface area is 106 Å². The summed E-state index contributed by atoms with van der Waals surface area (Å²) in [4.78, 5) is 10.6. The van der Waals surface area contributed by atoms with Crippen molar-refractivity contribution >= 4 is 5.69 Å². The number of nitro benzene ring substituents is 1. The van der Waals surface area contributed by atoms with Crippen molar-refractivity contribution in [1.82, 2.24) is 0 Å². The Morgan fingerprint density at radius 3 is 1.94 bits per heavy atom. The van der Waals surface area contributed by atoms with E-state index in [4.69, 9.17) is 0 Å².